The van der Waals surface area contributed by atoms with E-state index >= 15 is 0 Å². The van der Waals surface area contributed by atoms with Gasteiger partial charge in [0.05, 0.1) is 23.9 Å². The average Bonchev–Trinajstić information content (AvgIpc) is 3.41. The fourth-order valence-electron chi connectivity index (χ4n) is 5.26. The Morgan fingerprint density at radius 1 is 1.15 bits per heavy atom. The molecule has 2 aromatic rings. The number of benzene rings is 2. The van der Waals surface area contributed by atoms with Crippen LogP contribution in [0.4, 0.5) is 18.9 Å². The first kappa shape index (κ1) is 22.1. The van der Waals surface area contributed by atoms with Crippen molar-refractivity contribution in [3.05, 3.63) is 72.1 Å². The molecule has 0 bridgehead atoms. The Kier molecular flexibility index (Phi) is 5.72. The van der Waals surface area contributed by atoms with E-state index in [9.17, 15) is 13.2 Å². The summed E-state index contributed by atoms with van der Waals surface area (Å²) in [5.74, 6) is -0.394. The van der Waals surface area contributed by atoms with E-state index in [1.807, 2.05) is 36.5 Å². The minimum atomic E-state index is -4.77. The van der Waals surface area contributed by atoms with Gasteiger partial charge in [-0.3, -0.25) is 5.01 Å². The van der Waals surface area contributed by atoms with Gasteiger partial charge in [0.25, 0.3) is 0 Å². The van der Waals surface area contributed by atoms with Gasteiger partial charge < -0.3 is 20.2 Å². The first-order valence-corrected chi connectivity index (χ1v) is 11.1. The lowest BCUT2D eigenvalue weighted by molar-refractivity contribution is -0.275. The van der Waals surface area contributed by atoms with Crippen LogP contribution in [0.5, 0.6) is 5.75 Å². The summed E-state index contributed by atoms with van der Waals surface area (Å²) in [5.41, 5.74) is 4.93. The zero-order valence-corrected chi connectivity index (χ0v) is 18.3. The molecule has 3 aliphatic heterocycles. The summed E-state index contributed by atoms with van der Waals surface area (Å²) in [4.78, 5) is 0. The molecule has 33 heavy (non-hydrogen) atoms. The van der Waals surface area contributed by atoms with Crippen molar-refractivity contribution >= 4 is 5.69 Å². The molecule has 3 heterocycles. The molecule has 6 nitrogen and oxygen atoms in total. The number of piperidine rings is 1. The van der Waals surface area contributed by atoms with Crippen molar-refractivity contribution in [3.8, 4) is 5.75 Å². The lowest BCUT2D eigenvalue weighted by Crippen LogP contribution is -2.48. The fraction of sp³-hybridized carbons (Fsp3) is 0.417. The van der Waals surface area contributed by atoms with Crippen molar-refractivity contribution in [1.29, 1.82) is 0 Å². The Bertz CT molecular complexity index is 1020. The molecule has 3 aliphatic rings. The summed E-state index contributed by atoms with van der Waals surface area (Å²) in [6.07, 6.45) is 1.22. The molecule has 176 valence electrons. The summed E-state index contributed by atoms with van der Waals surface area (Å²) in [6.45, 7) is 1.22. The van der Waals surface area contributed by atoms with Gasteiger partial charge in [-0.15, -0.1) is 18.3 Å². The largest absolute Gasteiger partial charge is 0.573 e. The monoisotopic (exact) mass is 460 g/mol. The van der Waals surface area contributed by atoms with Gasteiger partial charge in [0.15, 0.2) is 0 Å². The molecule has 0 amide bonds. The van der Waals surface area contributed by atoms with Crippen LogP contribution in [0.1, 0.15) is 42.3 Å². The molecule has 0 radical (unpaired) electrons. The second-order valence-electron chi connectivity index (χ2n) is 8.76. The lowest BCUT2D eigenvalue weighted by atomic mass is 9.77. The molecular weight excluding hydrogens is 433 g/mol. The van der Waals surface area contributed by atoms with Crippen LogP contribution in [0, 0.1) is 0 Å². The van der Waals surface area contributed by atoms with Crippen LogP contribution in [-0.2, 0) is 4.74 Å². The first-order valence-electron chi connectivity index (χ1n) is 11.1. The molecule has 1 spiro atoms. The predicted octanol–water partition coefficient (Wildman–Crippen LogP) is 4.60. The molecule has 2 aromatic carbocycles. The van der Waals surface area contributed by atoms with Gasteiger partial charge in [-0.1, -0.05) is 30.3 Å². The molecule has 5 rings (SSSR count). The normalized spacial score (nSPS) is 27.8. The minimum absolute atomic E-state index is 0.00975. The standard InChI is InChI=1S/C24H27F3N4O2/c1-30-29-12-13-31(30)19-8-9-21(33-24(25,26)27)20(14-19)18-15-23(32-16-18)10-5-11-28-22(23)17-6-3-2-4-7-17/h2-4,6-9,12-14,18,22,28-29H,5,10-11,15-16H2,1H3/t18-,22+,23-/m1/s1. The van der Waals surface area contributed by atoms with Crippen LogP contribution in [0.2, 0.25) is 0 Å². The van der Waals surface area contributed by atoms with Crippen LogP contribution < -0.4 is 20.5 Å². The molecule has 9 heteroatoms. The molecule has 0 unspecified atom stereocenters. The van der Waals surface area contributed by atoms with Crippen LogP contribution in [0.3, 0.4) is 0 Å². The van der Waals surface area contributed by atoms with Gasteiger partial charge in [-0.25, -0.2) is 0 Å². The number of anilines is 1. The molecule has 3 atom stereocenters. The Labute approximate surface area is 190 Å². The molecule has 0 aliphatic carbocycles. The highest BCUT2D eigenvalue weighted by Crippen LogP contribution is 2.50. The SMILES string of the molecule is CN1NC=CN1c1ccc(OC(F)(F)F)c([C@H]2CO[C@]3(CCCN[C@H]3c3ccccc3)C2)c1. The number of halogens is 3. The van der Waals surface area contributed by atoms with Crippen LogP contribution in [0.25, 0.3) is 0 Å². The van der Waals surface area contributed by atoms with Crippen LogP contribution in [0.15, 0.2) is 60.9 Å². The quantitative estimate of drug-likeness (QED) is 0.696. The van der Waals surface area contributed by atoms with Gasteiger partial charge >= 0.3 is 6.36 Å². The molecular formula is C24H27F3N4O2. The third-order valence-corrected chi connectivity index (χ3v) is 6.67. The molecule has 0 aromatic heterocycles. The number of rotatable bonds is 4. The summed E-state index contributed by atoms with van der Waals surface area (Å²) in [5, 5.41) is 7.15. The number of nitrogens with zero attached hydrogens (tertiary/aromatic N) is 2. The van der Waals surface area contributed by atoms with E-state index in [1.54, 1.807) is 23.5 Å². The van der Waals surface area contributed by atoms with Crippen molar-refractivity contribution in [2.24, 2.45) is 0 Å². The van der Waals surface area contributed by atoms with Gasteiger partial charge in [0.2, 0.25) is 0 Å². The van der Waals surface area contributed by atoms with E-state index < -0.39 is 12.0 Å². The smallest absolute Gasteiger partial charge is 0.405 e. The van der Waals surface area contributed by atoms with E-state index in [1.165, 1.54) is 6.07 Å². The average molecular weight is 461 g/mol. The Morgan fingerprint density at radius 3 is 2.70 bits per heavy atom. The zero-order valence-electron chi connectivity index (χ0n) is 18.3. The maximum absolute atomic E-state index is 13.2. The predicted molar refractivity (Wildman–Crippen MR) is 118 cm³/mol. The van der Waals surface area contributed by atoms with Crippen LogP contribution in [-0.4, -0.2) is 37.3 Å². The zero-order chi connectivity index (χ0) is 23.1. The highest BCUT2D eigenvalue weighted by molar-refractivity contribution is 5.56. The van der Waals surface area contributed by atoms with Crippen molar-refractivity contribution < 1.29 is 22.6 Å². The van der Waals surface area contributed by atoms with Crippen molar-refractivity contribution in [1.82, 2.24) is 15.9 Å². The topological polar surface area (TPSA) is 49.0 Å². The van der Waals surface area contributed by atoms with Gasteiger partial charge in [-0.05, 0) is 49.6 Å². The van der Waals surface area contributed by atoms with Crippen molar-refractivity contribution in [3.63, 3.8) is 0 Å². The third-order valence-electron chi connectivity index (χ3n) is 6.67. The number of nitrogens with one attached hydrogen (secondary N) is 2. The van der Waals surface area contributed by atoms with Crippen LogP contribution >= 0.6 is 0 Å². The number of alkyl halides is 3. The van der Waals surface area contributed by atoms with E-state index in [-0.39, 0.29) is 17.7 Å². The van der Waals surface area contributed by atoms with Gasteiger partial charge in [0.1, 0.15) is 5.75 Å². The van der Waals surface area contributed by atoms with E-state index in [4.69, 9.17) is 4.74 Å². The minimum Gasteiger partial charge on any atom is -0.405 e. The molecule has 0 saturated carbocycles. The highest BCUT2D eigenvalue weighted by Gasteiger charge is 2.49. The number of hydrogen-bond acceptors (Lipinski definition) is 6. The van der Waals surface area contributed by atoms with Gasteiger partial charge in [0, 0.05) is 30.9 Å². The summed E-state index contributed by atoms with van der Waals surface area (Å²) in [6, 6.07) is 14.9. The molecule has 2 fully saturated rings. The van der Waals surface area contributed by atoms with Crippen molar-refractivity contribution in [2.45, 2.75) is 43.2 Å². The highest BCUT2D eigenvalue weighted by atomic mass is 19.4. The maximum Gasteiger partial charge on any atom is 0.573 e. The van der Waals surface area contributed by atoms with Gasteiger partial charge in [-0.2, -0.15) is 0 Å². The summed E-state index contributed by atoms with van der Waals surface area (Å²) in [7, 11) is 1.83. The van der Waals surface area contributed by atoms with E-state index in [0.717, 1.165) is 30.6 Å². The molecule has 2 N–H and O–H groups in total. The number of hydrazine groups is 2. The second-order valence-corrected chi connectivity index (χ2v) is 8.76. The third kappa shape index (κ3) is 4.40. The van der Waals surface area contributed by atoms with E-state index in [2.05, 4.69) is 27.6 Å². The molecule has 2 saturated heterocycles. The second kappa shape index (κ2) is 8.55. The Morgan fingerprint density at radius 2 is 1.97 bits per heavy atom. The first-order chi connectivity index (χ1) is 15.8. The summed E-state index contributed by atoms with van der Waals surface area (Å²) < 4.78 is 50.5. The Balaban J connectivity index is 1.48. The lowest BCUT2D eigenvalue weighted by Gasteiger charge is -2.41. The number of hydrogen-bond donors (Lipinski definition) is 2. The fourth-order valence-corrected chi connectivity index (χ4v) is 5.26. The maximum atomic E-state index is 13.2. The summed E-state index contributed by atoms with van der Waals surface area (Å²) >= 11 is 0. The van der Waals surface area contributed by atoms with Crippen molar-refractivity contribution in [2.75, 3.05) is 25.2 Å². The van der Waals surface area contributed by atoms with E-state index in [0.29, 0.717) is 18.6 Å². The Hall–Kier alpha value is -2.75. The number of ether oxygens (including phenoxy) is 2.